The van der Waals surface area contributed by atoms with Crippen LogP contribution in [0.2, 0.25) is 0 Å². The molecule has 0 unspecified atom stereocenters. The third-order valence-corrected chi connectivity index (χ3v) is 6.25. The number of ether oxygens (including phenoxy) is 1. The number of aromatic hydroxyl groups is 1. The van der Waals surface area contributed by atoms with E-state index in [4.69, 9.17) is 15.6 Å². The highest BCUT2D eigenvalue weighted by Crippen LogP contribution is 2.35. The number of nitrogens with zero attached hydrogens (tertiary/aromatic N) is 1. The molecule has 0 fully saturated rings. The summed E-state index contributed by atoms with van der Waals surface area (Å²) in [7, 11) is 0. The van der Waals surface area contributed by atoms with E-state index < -0.39 is 16.9 Å². The minimum absolute atomic E-state index is 0.00645. The van der Waals surface area contributed by atoms with E-state index in [-0.39, 0.29) is 17.9 Å². The number of carbonyl (C=O) groups is 1. The van der Waals surface area contributed by atoms with E-state index in [0.717, 1.165) is 18.3 Å². The molecule has 0 radical (unpaired) electrons. The van der Waals surface area contributed by atoms with Crippen LogP contribution in [-0.4, -0.2) is 27.1 Å². The van der Waals surface area contributed by atoms with E-state index >= 15 is 0 Å². The molecule has 0 bridgehead atoms. The fourth-order valence-electron chi connectivity index (χ4n) is 3.01. The molecule has 32 heavy (non-hydrogen) atoms. The fourth-order valence-corrected chi connectivity index (χ4v) is 5.13. The number of hydrogen-bond acceptors (Lipinski definition) is 6. The highest BCUT2D eigenvalue weighted by Gasteiger charge is 2.16. The number of carboxylic acid groups (broad SMARTS) is 1. The number of aliphatic carboxylic acids is 1. The maximum Gasteiger partial charge on any atom is 0.320 e. The van der Waals surface area contributed by atoms with Gasteiger partial charge in [0.2, 0.25) is 0 Å². The Morgan fingerprint density at radius 2 is 1.69 bits per heavy atom. The number of rotatable bonds is 8. The number of benzene rings is 3. The summed E-state index contributed by atoms with van der Waals surface area (Å²) in [5, 5.41) is 30.1. The molecule has 0 aromatic heterocycles. The van der Waals surface area contributed by atoms with Crippen molar-refractivity contribution in [1.29, 1.82) is 0 Å². The minimum Gasteiger partial charge on any atom is -0.508 e. The summed E-state index contributed by atoms with van der Waals surface area (Å²) in [6.07, 6.45) is 0.585. The molecule has 3 rings (SSSR count). The van der Waals surface area contributed by atoms with Crippen LogP contribution in [0.4, 0.5) is 5.69 Å². The van der Waals surface area contributed by atoms with Crippen LogP contribution in [0.15, 0.2) is 54.6 Å². The van der Waals surface area contributed by atoms with Gasteiger partial charge in [0.25, 0.3) is 5.69 Å². The Labute approximate surface area is 210 Å². The van der Waals surface area contributed by atoms with Crippen molar-refractivity contribution in [2.24, 2.45) is 5.73 Å². The lowest BCUT2D eigenvalue weighted by Crippen LogP contribution is -2.32. The lowest BCUT2D eigenvalue weighted by atomic mass is 10.0. The van der Waals surface area contributed by atoms with Gasteiger partial charge in [-0.3, -0.25) is 14.9 Å². The fraction of sp³-hybridized carbons (Fsp3) is 0.136. The van der Waals surface area contributed by atoms with Crippen LogP contribution >= 0.6 is 45.2 Å². The van der Waals surface area contributed by atoms with Crippen LogP contribution in [0.5, 0.6) is 17.2 Å². The molecule has 0 amide bonds. The van der Waals surface area contributed by atoms with Crippen molar-refractivity contribution >= 4 is 56.8 Å². The van der Waals surface area contributed by atoms with Crippen LogP contribution in [0.1, 0.15) is 16.7 Å². The summed E-state index contributed by atoms with van der Waals surface area (Å²) in [6, 6.07) is 13.7. The van der Waals surface area contributed by atoms with E-state index in [1.807, 2.05) is 12.1 Å². The van der Waals surface area contributed by atoms with Crippen molar-refractivity contribution in [3.8, 4) is 17.2 Å². The second kappa shape index (κ2) is 10.4. The first-order valence-corrected chi connectivity index (χ1v) is 11.5. The van der Waals surface area contributed by atoms with E-state index in [1.165, 1.54) is 18.2 Å². The van der Waals surface area contributed by atoms with Crippen LogP contribution in [0.3, 0.4) is 0 Å². The molecule has 1 atom stereocenters. The minimum atomic E-state index is -1.06. The zero-order chi connectivity index (χ0) is 23.4. The van der Waals surface area contributed by atoms with Gasteiger partial charge in [0, 0.05) is 24.1 Å². The topological polar surface area (TPSA) is 136 Å². The highest BCUT2D eigenvalue weighted by atomic mass is 127. The predicted octanol–water partition coefficient (Wildman–Crippen LogP) is 4.85. The van der Waals surface area contributed by atoms with Crippen molar-refractivity contribution in [2.75, 3.05) is 0 Å². The Kier molecular flexibility index (Phi) is 7.90. The van der Waals surface area contributed by atoms with Gasteiger partial charge < -0.3 is 20.7 Å². The molecule has 0 heterocycles. The molecule has 10 heteroatoms. The summed E-state index contributed by atoms with van der Waals surface area (Å²) in [5.74, 6) is 0.175. The number of nitrogens with two attached hydrogens (primary N) is 1. The Morgan fingerprint density at radius 1 is 1.06 bits per heavy atom. The molecule has 0 saturated heterocycles. The Bertz CT molecular complexity index is 1140. The summed E-state index contributed by atoms with van der Waals surface area (Å²) in [6.45, 7) is 0. The first-order valence-electron chi connectivity index (χ1n) is 9.33. The van der Waals surface area contributed by atoms with Crippen molar-refractivity contribution in [1.82, 2.24) is 0 Å². The van der Waals surface area contributed by atoms with Gasteiger partial charge in [-0.25, -0.2) is 0 Å². The number of phenolic OH excluding ortho intramolecular Hbond substituents is 1. The second-order valence-electron chi connectivity index (χ2n) is 7.03. The van der Waals surface area contributed by atoms with Gasteiger partial charge in [-0.15, -0.1) is 0 Å². The zero-order valence-electron chi connectivity index (χ0n) is 16.5. The van der Waals surface area contributed by atoms with Crippen LogP contribution < -0.4 is 10.5 Å². The number of nitro benzene ring substituents is 1. The molecule has 3 aromatic rings. The monoisotopic (exact) mass is 660 g/mol. The average molecular weight is 660 g/mol. The number of non-ortho nitro benzene ring substituents is 1. The van der Waals surface area contributed by atoms with Gasteiger partial charge >= 0.3 is 5.97 Å². The molecule has 0 aliphatic rings. The number of hydrogen-bond donors (Lipinski definition) is 3. The van der Waals surface area contributed by atoms with Gasteiger partial charge in [0.15, 0.2) is 5.75 Å². The number of phenols is 1. The molecule has 166 valence electrons. The van der Waals surface area contributed by atoms with Crippen molar-refractivity contribution in [3.63, 3.8) is 0 Å². The maximum absolute atomic E-state index is 11.0. The van der Waals surface area contributed by atoms with Gasteiger partial charge in [0.1, 0.15) is 17.5 Å². The molecule has 4 N–H and O–H groups in total. The van der Waals surface area contributed by atoms with Gasteiger partial charge in [-0.1, -0.05) is 12.1 Å². The van der Waals surface area contributed by atoms with E-state index in [9.17, 15) is 20.0 Å². The summed E-state index contributed by atoms with van der Waals surface area (Å²) < 4.78 is 7.66. The van der Waals surface area contributed by atoms with Crippen molar-refractivity contribution in [3.05, 3.63) is 88.5 Å². The molecule has 3 aromatic carbocycles. The average Bonchev–Trinajstić information content (AvgIpc) is 2.73. The normalized spacial score (nSPS) is 11.7. The molecule has 0 spiro atoms. The summed E-state index contributed by atoms with van der Waals surface area (Å²) >= 11 is 4.24. The zero-order valence-corrected chi connectivity index (χ0v) is 20.8. The molecule has 0 aliphatic carbocycles. The smallest absolute Gasteiger partial charge is 0.320 e. The maximum atomic E-state index is 11.0. The van der Waals surface area contributed by atoms with Crippen LogP contribution in [-0.2, 0) is 17.6 Å². The SMILES string of the molecule is N[C@@H](Cc1cc(I)c(Oc2ccc(O)c(Cc3ccc([N+](=O)[O-])cc3)c2)c(I)c1)C(=O)O. The highest BCUT2D eigenvalue weighted by molar-refractivity contribution is 14.1. The standard InChI is InChI=1S/C22H18I2N2O6/c23-17-8-13(10-19(25)22(28)29)9-18(24)21(17)32-16-5-6-20(27)14(11-16)7-12-1-3-15(4-2-12)26(30)31/h1-6,8-9,11,19,27H,7,10,25H2,(H,28,29)/t19-/m0/s1. The second-order valence-corrected chi connectivity index (χ2v) is 9.35. The third-order valence-electron chi connectivity index (χ3n) is 4.64. The van der Waals surface area contributed by atoms with E-state index in [2.05, 4.69) is 45.2 Å². The lowest BCUT2D eigenvalue weighted by Gasteiger charge is -2.14. The first kappa shape index (κ1) is 24.2. The molecule has 0 aliphatic heterocycles. The molecule has 8 nitrogen and oxygen atoms in total. The summed E-state index contributed by atoms with van der Waals surface area (Å²) in [4.78, 5) is 21.4. The number of nitro groups is 1. The third kappa shape index (κ3) is 6.07. The predicted molar refractivity (Wildman–Crippen MR) is 135 cm³/mol. The van der Waals surface area contributed by atoms with Crippen molar-refractivity contribution in [2.45, 2.75) is 18.9 Å². The van der Waals surface area contributed by atoms with Gasteiger partial charge in [-0.05, 0) is 93.1 Å². The van der Waals surface area contributed by atoms with E-state index in [0.29, 0.717) is 23.5 Å². The Hall–Kier alpha value is -2.45. The van der Waals surface area contributed by atoms with Crippen molar-refractivity contribution < 1.29 is 24.7 Å². The largest absolute Gasteiger partial charge is 0.508 e. The van der Waals surface area contributed by atoms with Gasteiger partial charge in [0.05, 0.1) is 12.1 Å². The quantitative estimate of drug-likeness (QED) is 0.179. The summed E-state index contributed by atoms with van der Waals surface area (Å²) in [5.41, 5.74) is 7.87. The number of halogens is 2. The van der Waals surface area contributed by atoms with Crippen LogP contribution in [0, 0.1) is 17.3 Å². The molecular formula is C22H18I2N2O6. The molecular weight excluding hydrogens is 642 g/mol. The van der Waals surface area contributed by atoms with Gasteiger partial charge in [-0.2, -0.15) is 0 Å². The lowest BCUT2D eigenvalue weighted by molar-refractivity contribution is -0.384. The Morgan fingerprint density at radius 3 is 2.25 bits per heavy atom. The molecule has 0 saturated carbocycles. The van der Waals surface area contributed by atoms with Crippen LogP contribution in [0.25, 0.3) is 0 Å². The number of carboxylic acids is 1. The van der Waals surface area contributed by atoms with E-state index in [1.54, 1.807) is 24.3 Å². The first-order chi connectivity index (χ1) is 15.1. The Balaban J connectivity index is 1.81.